The highest BCUT2D eigenvalue weighted by Gasteiger charge is 2.14. The van der Waals surface area contributed by atoms with Gasteiger partial charge in [-0.1, -0.05) is 12.1 Å². The van der Waals surface area contributed by atoms with Crippen LogP contribution in [0.1, 0.15) is 0 Å². The first kappa shape index (κ1) is 17.1. The van der Waals surface area contributed by atoms with E-state index in [4.69, 9.17) is 9.47 Å². The van der Waals surface area contributed by atoms with E-state index in [9.17, 15) is 0 Å². The molecule has 0 N–H and O–H groups in total. The highest BCUT2D eigenvalue weighted by Crippen LogP contribution is 2.41. The third-order valence-electron chi connectivity index (χ3n) is 4.57. The predicted molar refractivity (Wildman–Crippen MR) is 114 cm³/mol. The Labute approximate surface area is 163 Å². The van der Waals surface area contributed by atoms with Gasteiger partial charge in [0.1, 0.15) is 11.5 Å². The van der Waals surface area contributed by atoms with E-state index >= 15 is 0 Å². The summed E-state index contributed by atoms with van der Waals surface area (Å²) in [7, 11) is 3.38. The number of thiol groups is 2. The van der Waals surface area contributed by atoms with Crippen LogP contribution >= 0.6 is 25.3 Å². The molecule has 0 aliphatic rings. The van der Waals surface area contributed by atoms with Crippen LogP contribution in [-0.2, 0) is 0 Å². The van der Waals surface area contributed by atoms with Crippen LogP contribution in [0.25, 0.3) is 32.7 Å². The quantitative estimate of drug-likeness (QED) is 0.410. The number of benzene rings is 4. The van der Waals surface area contributed by atoms with Crippen molar-refractivity contribution in [1.29, 1.82) is 0 Å². The second kappa shape index (κ2) is 6.78. The van der Waals surface area contributed by atoms with Crippen LogP contribution in [0.15, 0.2) is 70.5 Å². The molecule has 0 aliphatic carbocycles. The van der Waals surface area contributed by atoms with Gasteiger partial charge in [-0.2, -0.15) is 0 Å². The third kappa shape index (κ3) is 3.00. The predicted octanol–water partition coefficient (Wildman–Crippen LogP) is 6.25. The molecule has 4 rings (SSSR count). The summed E-state index contributed by atoms with van der Waals surface area (Å²) < 4.78 is 11.4. The Morgan fingerprint density at radius 2 is 0.962 bits per heavy atom. The van der Waals surface area contributed by atoms with Crippen LogP contribution in [-0.4, -0.2) is 14.2 Å². The molecule has 0 fully saturated rings. The Kier molecular flexibility index (Phi) is 4.47. The van der Waals surface area contributed by atoms with Crippen molar-refractivity contribution in [3.63, 3.8) is 0 Å². The van der Waals surface area contributed by atoms with Crippen molar-refractivity contribution in [2.24, 2.45) is 0 Å². The average molecular weight is 379 g/mol. The lowest BCUT2D eigenvalue weighted by Gasteiger charge is -2.15. The summed E-state index contributed by atoms with van der Waals surface area (Å²) in [5.74, 6) is 1.61. The molecule has 0 heterocycles. The molecule has 0 unspecified atom stereocenters. The summed E-state index contributed by atoms with van der Waals surface area (Å²) in [5, 5.41) is 4.45. The van der Waals surface area contributed by atoms with Crippen molar-refractivity contribution in [1.82, 2.24) is 0 Å². The minimum atomic E-state index is 0.805. The van der Waals surface area contributed by atoms with Crippen molar-refractivity contribution in [2.45, 2.75) is 9.79 Å². The van der Waals surface area contributed by atoms with E-state index in [0.717, 1.165) is 54.0 Å². The van der Waals surface area contributed by atoms with E-state index in [2.05, 4.69) is 49.5 Å². The first-order valence-corrected chi connectivity index (χ1v) is 9.10. The molecule has 0 saturated heterocycles. The zero-order valence-electron chi connectivity index (χ0n) is 14.5. The Hall–Kier alpha value is -2.30. The van der Waals surface area contributed by atoms with Gasteiger partial charge < -0.3 is 9.47 Å². The van der Waals surface area contributed by atoms with Gasteiger partial charge in [0.05, 0.1) is 14.2 Å². The molecule has 4 aromatic rings. The maximum absolute atomic E-state index is 5.69. The lowest BCUT2D eigenvalue weighted by Crippen LogP contribution is -1.93. The summed E-state index contributed by atoms with van der Waals surface area (Å²) in [6, 6.07) is 20.6. The van der Waals surface area contributed by atoms with Crippen molar-refractivity contribution in [3.8, 4) is 22.6 Å². The fourth-order valence-electron chi connectivity index (χ4n) is 3.29. The molecule has 130 valence electrons. The normalized spacial score (nSPS) is 11.1. The zero-order valence-corrected chi connectivity index (χ0v) is 16.3. The van der Waals surface area contributed by atoms with E-state index in [-0.39, 0.29) is 0 Å². The van der Waals surface area contributed by atoms with Crippen LogP contribution in [0.3, 0.4) is 0 Å². The van der Waals surface area contributed by atoms with Gasteiger partial charge in [0.2, 0.25) is 0 Å². The smallest absolute Gasteiger partial charge is 0.127 e. The van der Waals surface area contributed by atoms with E-state index < -0.39 is 0 Å². The monoisotopic (exact) mass is 378 g/mol. The van der Waals surface area contributed by atoms with Gasteiger partial charge in [-0.25, -0.2) is 0 Å². The van der Waals surface area contributed by atoms with Gasteiger partial charge in [-0.05, 0) is 70.1 Å². The second-order valence-electron chi connectivity index (χ2n) is 6.17. The van der Waals surface area contributed by atoms with Gasteiger partial charge in [0.15, 0.2) is 0 Å². The minimum Gasteiger partial charge on any atom is -0.496 e. The summed E-state index contributed by atoms with van der Waals surface area (Å²) in [5.41, 5.74) is 2.00. The van der Waals surface area contributed by atoms with Crippen molar-refractivity contribution in [2.75, 3.05) is 14.2 Å². The number of fused-ring (bicyclic) bond motifs is 2. The first-order chi connectivity index (χ1) is 12.6. The largest absolute Gasteiger partial charge is 0.496 e. The number of ether oxygens (including phenoxy) is 2. The van der Waals surface area contributed by atoms with Crippen molar-refractivity contribution < 1.29 is 9.47 Å². The van der Waals surface area contributed by atoms with E-state index in [1.807, 2.05) is 36.4 Å². The van der Waals surface area contributed by atoms with Crippen LogP contribution in [0, 0.1) is 0 Å². The average Bonchev–Trinajstić information content (AvgIpc) is 2.65. The molecule has 0 bridgehead atoms. The Morgan fingerprint density at radius 1 is 0.538 bits per heavy atom. The van der Waals surface area contributed by atoms with Gasteiger partial charge in [0, 0.05) is 20.9 Å². The fourth-order valence-corrected chi connectivity index (χ4v) is 3.71. The van der Waals surface area contributed by atoms with Crippen molar-refractivity contribution in [3.05, 3.63) is 60.7 Å². The molecular weight excluding hydrogens is 360 g/mol. The lowest BCUT2D eigenvalue weighted by molar-refractivity contribution is 0.411. The van der Waals surface area contributed by atoms with Gasteiger partial charge >= 0.3 is 0 Å². The molecular formula is C22H18O2S2. The molecule has 0 aromatic heterocycles. The van der Waals surface area contributed by atoms with E-state index in [1.54, 1.807) is 14.2 Å². The van der Waals surface area contributed by atoms with Crippen LogP contribution in [0.4, 0.5) is 0 Å². The summed E-state index contributed by atoms with van der Waals surface area (Å²) in [6.07, 6.45) is 0. The molecule has 4 aromatic carbocycles. The Bertz CT molecular complexity index is 1040. The molecule has 0 saturated carbocycles. The highest BCUT2D eigenvalue weighted by atomic mass is 32.1. The Balaban J connectivity index is 2.01. The van der Waals surface area contributed by atoms with E-state index in [0.29, 0.717) is 0 Å². The van der Waals surface area contributed by atoms with Gasteiger partial charge in [-0.15, -0.1) is 25.3 Å². The molecule has 0 radical (unpaired) electrons. The van der Waals surface area contributed by atoms with Crippen LogP contribution in [0.2, 0.25) is 0 Å². The SMILES string of the molecule is COc1cc2cc(S)ccc2cc1-c1cc2ccc(S)cc2cc1OC. The number of rotatable bonds is 3. The molecule has 2 nitrogen and oxygen atoms in total. The van der Waals surface area contributed by atoms with E-state index in [1.165, 1.54) is 0 Å². The van der Waals surface area contributed by atoms with Gasteiger partial charge in [-0.3, -0.25) is 0 Å². The van der Waals surface area contributed by atoms with Crippen LogP contribution < -0.4 is 9.47 Å². The summed E-state index contributed by atoms with van der Waals surface area (Å²) in [6.45, 7) is 0. The van der Waals surface area contributed by atoms with Gasteiger partial charge in [0.25, 0.3) is 0 Å². The lowest BCUT2D eigenvalue weighted by atomic mass is 9.96. The standard InChI is InChI=1S/C22H18O2S2/c1-23-21-11-15-7-17(25)5-3-13(15)9-19(21)20-10-14-4-6-18(26)8-16(14)12-22(20)24-2/h3-12,25-26H,1-2H3. The maximum Gasteiger partial charge on any atom is 0.127 e. The van der Waals surface area contributed by atoms with Crippen LogP contribution in [0.5, 0.6) is 11.5 Å². The molecule has 26 heavy (non-hydrogen) atoms. The Morgan fingerprint density at radius 3 is 1.35 bits per heavy atom. The fraction of sp³-hybridized carbons (Fsp3) is 0.0909. The second-order valence-corrected chi connectivity index (χ2v) is 7.20. The number of methoxy groups -OCH3 is 2. The third-order valence-corrected chi connectivity index (χ3v) is 5.13. The number of hydrogen-bond acceptors (Lipinski definition) is 4. The molecule has 0 aliphatic heterocycles. The minimum absolute atomic E-state index is 0.805. The maximum atomic E-state index is 5.69. The number of hydrogen-bond donors (Lipinski definition) is 2. The first-order valence-electron chi connectivity index (χ1n) is 8.21. The zero-order chi connectivity index (χ0) is 18.3. The molecule has 0 spiro atoms. The topological polar surface area (TPSA) is 18.5 Å². The highest BCUT2D eigenvalue weighted by molar-refractivity contribution is 7.80. The molecule has 4 heteroatoms. The molecule has 0 atom stereocenters. The summed E-state index contributed by atoms with van der Waals surface area (Å²) >= 11 is 8.87. The van der Waals surface area contributed by atoms with Crippen molar-refractivity contribution >= 4 is 46.8 Å². The molecule has 0 amide bonds. The summed E-state index contributed by atoms with van der Waals surface area (Å²) in [4.78, 5) is 1.86.